The first-order valence-corrected chi connectivity index (χ1v) is 6.25. The van der Waals surface area contributed by atoms with E-state index in [4.69, 9.17) is 9.47 Å². The molecule has 1 aromatic carbocycles. The predicted molar refractivity (Wildman–Crippen MR) is 74.9 cm³/mol. The van der Waals surface area contributed by atoms with E-state index in [1.165, 1.54) is 25.4 Å². The van der Waals surface area contributed by atoms with Gasteiger partial charge in [-0.05, 0) is 29.8 Å². The van der Waals surface area contributed by atoms with Gasteiger partial charge in [0.2, 0.25) is 5.95 Å². The van der Waals surface area contributed by atoms with Crippen LogP contribution < -0.4 is 14.8 Å². The maximum atomic E-state index is 13.4. The first-order chi connectivity index (χ1) is 10.2. The van der Waals surface area contributed by atoms with Crippen LogP contribution in [0.25, 0.3) is 0 Å². The van der Waals surface area contributed by atoms with Gasteiger partial charge in [-0.2, -0.15) is 4.39 Å². The predicted octanol–water partition coefficient (Wildman–Crippen LogP) is 2.17. The maximum absolute atomic E-state index is 13.4. The Hall–Kier alpha value is -2.63. The second-order valence-corrected chi connectivity index (χ2v) is 4.21. The number of rotatable bonds is 5. The number of methoxy groups -OCH3 is 2. The molecule has 1 aromatic heterocycles. The molecule has 0 atom stereocenters. The highest BCUT2D eigenvalue weighted by molar-refractivity contribution is 5.94. The van der Waals surface area contributed by atoms with Crippen molar-refractivity contribution in [2.75, 3.05) is 14.2 Å². The fourth-order valence-corrected chi connectivity index (χ4v) is 1.82. The average molecular weight is 290 g/mol. The van der Waals surface area contributed by atoms with Crippen LogP contribution in [-0.2, 0) is 6.54 Å². The maximum Gasteiger partial charge on any atom is 0.256 e. The Morgan fingerprint density at radius 1 is 1.24 bits per heavy atom. The van der Waals surface area contributed by atoms with Crippen LogP contribution in [0.15, 0.2) is 36.5 Å². The Morgan fingerprint density at radius 2 is 2.00 bits per heavy atom. The molecule has 0 radical (unpaired) electrons. The van der Waals surface area contributed by atoms with Gasteiger partial charge in [0, 0.05) is 12.7 Å². The molecule has 6 heteroatoms. The molecule has 2 rings (SSSR count). The standard InChI is InChI=1S/C15H15FN2O3/c1-20-12-6-5-10(8-13(12)21-2)9-18-15(19)11-4-3-7-17-14(11)16/h3-8H,9H2,1-2H3,(H,18,19). The first kappa shape index (κ1) is 14.8. The number of ether oxygens (including phenoxy) is 2. The number of aromatic nitrogens is 1. The lowest BCUT2D eigenvalue weighted by Crippen LogP contribution is -2.24. The Balaban J connectivity index is 2.06. The number of hydrogen-bond acceptors (Lipinski definition) is 4. The summed E-state index contributed by atoms with van der Waals surface area (Å²) in [5.41, 5.74) is 0.725. The van der Waals surface area contributed by atoms with Crippen LogP contribution in [0.1, 0.15) is 15.9 Å². The van der Waals surface area contributed by atoms with E-state index in [0.29, 0.717) is 11.5 Å². The molecule has 0 unspecified atom stereocenters. The number of benzene rings is 1. The van der Waals surface area contributed by atoms with Crippen LogP contribution in [0.5, 0.6) is 11.5 Å². The highest BCUT2D eigenvalue weighted by atomic mass is 19.1. The molecule has 0 aliphatic carbocycles. The molecule has 1 N–H and O–H groups in total. The van der Waals surface area contributed by atoms with E-state index in [0.717, 1.165) is 5.56 Å². The fraction of sp³-hybridized carbons (Fsp3) is 0.200. The fourth-order valence-electron chi connectivity index (χ4n) is 1.82. The van der Waals surface area contributed by atoms with Gasteiger partial charge in [-0.1, -0.05) is 6.07 Å². The summed E-state index contributed by atoms with van der Waals surface area (Å²) >= 11 is 0. The van der Waals surface area contributed by atoms with E-state index in [-0.39, 0.29) is 12.1 Å². The molecule has 0 aliphatic rings. The van der Waals surface area contributed by atoms with Crippen LogP contribution in [0.2, 0.25) is 0 Å². The molecule has 0 saturated heterocycles. The normalized spacial score (nSPS) is 10.0. The van der Waals surface area contributed by atoms with Gasteiger partial charge in [0.15, 0.2) is 11.5 Å². The third-order valence-electron chi connectivity index (χ3n) is 2.90. The largest absolute Gasteiger partial charge is 0.493 e. The van der Waals surface area contributed by atoms with Gasteiger partial charge in [0.25, 0.3) is 5.91 Å². The lowest BCUT2D eigenvalue weighted by Gasteiger charge is -2.10. The third-order valence-corrected chi connectivity index (χ3v) is 2.90. The summed E-state index contributed by atoms with van der Waals surface area (Å²) in [5, 5.41) is 2.63. The summed E-state index contributed by atoms with van der Waals surface area (Å²) in [6, 6.07) is 8.17. The average Bonchev–Trinajstić information content (AvgIpc) is 2.52. The van der Waals surface area contributed by atoms with Crippen LogP contribution in [0.4, 0.5) is 4.39 Å². The Labute approximate surface area is 121 Å². The quantitative estimate of drug-likeness (QED) is 0.857. The summed E-state index contributed by atoms with van der Waals surface area (Å²) < 4.78 is 23.7. The summed E-state index contributed by atoms with van der Waals surface area (Å²) in [7, 11) is 3.08. The molecule has 0 bridgehead atoms. The van der Waals surface area contributed by atoms with Gasteiger partial charge in [0.05, 0.1) is 19.8 Å². The zero-order valence-electron chi connectivity index (χ0n) is 11.7. The molecular weight excluding hydrogens is 275 g/mol. The van der Waals surface area contributed by atoms with Crippen molar-refractivity contribution in [3.8, 4) is 11.5 Å². The monoisotopic (exact) mass is 290 g/mol. The Kier molecular flexibility index (Phi) is 4.71. The lowest BCUT2D eigenvalue weighted by molar-refractivity contribution is 0.0946. The second-order valence-electron chi connectivity index (χ2n) is 4.21. The molecular formula is C15H15FN2O3. The number of carbonyl (C=O) groups excluding carboxylic acids is 1. The molecule has 0 spiro atoms. The van der Waals surface area contributed by atoms with Crippen molar-refractivity contribution >= 4 is 5.91 Å². The molecule has 0 saturated carbocycles. The van der Waals surface area contributed by atoms with E-state index in [9.17, 15) is 9.18 Å². The smallest absolute Gasteiger partial charge is 0.256 e. The number of halogens is 1. The molecule has 0 fully saturated rings. The van der Waals surface area contributed by atoms with Crippen LogP contribution in [0, 0.1) is 5.95 Å². The third kappa shape index (κ3) is 3.47. The molecule has 2 aromatic rings. The lowest BCUT2D eigenvalue weighted by atomic mass is 10.2. The molecule has 5 nitrogen and oxygen atoms in total. The minimum atomic E-state index is -0.790. The van der Waals surface area contributed by atoms with E-state index >= 15 is 0 Å². The van der Waals surface area contributed by atoms with Gasteiger partial charge in [-0.15, -0.1) is 0 Å². The zero-order valence-corrected chi connectivity index (χ0v) is 11.7. The van der Waals surface area contributed by atoms with Crippen molar-refractivity contribution in [2.24, 2.45) is 0 Å². The summed E-state index contributed by atoms with van der Waals surface area (Å²) in [5.74, 6) is -0.139. The van der Waals surface area contributed by atoms with Crippen molar-refractivity contribution < 1.29 is 18.7 Å². The van der Waals surface area contributed by atoms with E-state index in [1.54, 1.807) is 25.3 Å². The summed E-state index contributed by atoms with van der Waals surface area (Å²) in [6.45, 7) is 0.244. The first-order valence-electron chi connectivity index (χ1n) is 6.25. The Bertz CT molecular complexity index is 647. The van der Waals surface area contributed by atoms with Gasteiger partial charge in [0.1, 0.15) is 0 Å². The van der Waals surface area contributed by atoms with Gasteiger partial charge >= 0.3 is 0 Å². The Morgan fingerprint density at radius 3 is 2.67 bits per heavy atom. The molecule has 21 heavy (non-hydrogen) atoms. The zero-order chi connectivity index (χ0) is 15.2. The van der Waals surface area contributed by atoms with Crippen LogP contribution >= 0.6 is 0 Å². The van der Waals surface area contributed by atoms with Gasteiger partial charge < -0.3 is 14.8 Å². The minimum absolute atomic E-state index is 0.0852. The molecule has 1 amide bonds. The molecule has 110 valence electrons. The van der Waals surface area contributed by atoms with Crippen molar-refractivity contribution in [1.29, 1.82) is 0 Å². The van der Waals surface area contributed by atoms with Crippen LogP contribution in [0.3, 0.4) is 0 Å². The number of nitrogens with zero attached hydrogens (tertiary/aromatic N) is 1. The SMILES string of the molecule is COc1ccc(CNC(=O)c2cccnc2F)cc1OC. The highest BCUT2D eigenvalue weighted by Gasteiger charge is 2.12. The summed E-state index contributed by atoms with van der Waals surface area (Å²) in [4.78, 5) is 15.3. The number of carbonyl (C=O) groups is 1. The van der Waals surface area contributed by atoms with E-state index in [2.05, 4.69) is 10.3 Å². The molecule has 0 aliphatic heterocycles. The molecule has 1 heterocycles. The van der Waals surface area contributed by atoms with E-state index in [1.807, 2.05) is 0 Å². The highest BCUT2D eigenvalue weighted by Crippen LogP contribution is 2.27. The number of hydrogen-bond donors (Lipinski definition) is 1. The number of pyridine rings is 1. The second kappa shape index (κ2) is 6.69. The van der Waals surface area contributed by atoms with Crippen molar-refractivity contribution in [1.82, 2.24) is 10.3 Å². The topological polar surface area (TPSA) is 60.5 Å². The van der Waals surface area contributed by atoms with Crippen molar-refractivity contribution in [3.05, 3.63) is 53.6 Å². The van der Waals surface area contributed by atoms with Crippen LogP contribution in [-0.4, -0.2) is 25.1 Å². The number of nitrogens with one attached hydrogen (secondary N) is 1. The summed E-state index contributed by atoms with van der Waals surface area (Å²) in [6.07, 6.45) is 1.29. The van der Waals surface area contributed by atoms with Crippen molar-refractivity contribution in [2.45, 2.75) is 6.54 Å². The van der Waals surface area contributed by atoms with Gasteiger partial charge in [-0.25, -0.2) is 4.98 Å². The number of amides is 1. The van der Waals surface area contributed by atoms with Crippen molar-refractivity contribution in [3.63, 3.8) is 0 Å². The minimum Gasteiger partial charge on any atom is -0.493 e. The van der Waals surface area contributed by atoms with Gasteiger partial charge in [-0.3, -0.25) is 4.79 Å². The van der Waals surface area contributed by atoms with E-state index < -0.39 is 11.9 Å².